The number of amides is 1. The molecule has 156 valence electrons. The molecule has 8 heteroatoms. The molecule has 1 saturated heterocycles. The van der Waals surface area contributed by atoms with Crippen LogP contribution in [0.2, 0.25) is 0 Å². The summed E-state index contributed by atoms with van der Waals surface area (Å²) in [4.78, 5) is 25.6. The highest BCUT2D eigenvalue weighted by molar-refractivity contribution is 7.13. The number of carbonyl (C=O) groups is 1. The van der Waals surface area contributed by atoms with Crippen LogP contribution in [0.15, 0.2) is 54.0 Å². The summed E-state index contributed by atoms with van der Waals surface area (Å²) >= 11 is 1.46. The molecule has 0 saturated carbocycles. The first-order valence-electron chi connectivity index (χ1n) is 9.97. The Morgan fingerprint density at radius 3 is 2.73 bits per heavy atom. The van der Waals surface area contributed by atoms with Gasteiger partial charge in [0.05, 0.1) is 12.1 Å². The summed E-state index contributed by atoms with van der Waals surface area (Å²) in [6.45, 7) is 3.85. The molecule has 0 aliphatic carbocycles. The van der Waals surface area contributed by atoms with Gasteiger partial charge in [-0.05, 0) is 24.7 Å². The zero-order valence-electron chi connectivity index (χ0n) is 17.0. The van der Waals surface area contributed by atoms with E-state index in [4.69, 9.17) is 4.74 Å². The average Bonchev–Trinajstić information content (AvgIpc) is 3.21. The maximum Gasteiger partial charge on any atom is 0.228 e. The number of ether oxygens (including phenoxy) is 1. The molecular formula is C22H25N5O2S. The second kappa shape index (κ2) is 9.69. The van der Waals surface area contributed by atoms with Crippen molar-refractivity contribution in [2.24, 2.45) is 0 Å². The zero-order valence-corrected chi connectivity index (χ0v) is 17.8. The van der Waals surface area contributed by atoms with E-state index in [1.54, 1.807) is 6.20 Å². The molecule has 0 spiro atoms. The van der Waals surface area contributed by atoms with E-state index in [9.17, 15) is 4.79 Å². The van der Waals surface area contributed by atoms with Crippen LogP contribution in [0, 0.1) is 0 Å². The monoisotopic (exact) mass is 423 g/mol. The van der Waals surface area contributed by atoms with Gasteiger partial charge in [0, 0.05) is 37.8 Å². The van der Waals surface area contributed by atoms with Gasteiger partial charge in [-0.15, -0.1) is 11.3 Å². The topological polar surface area (TPSA) is 70.6 Å². The van der Waals surface area contributed by atoms with Crippen LogP contribution in [0.4, 0.5) is 10.9 Å². The van der Waals surface area contributed by atoms with Crippen molar-refractivity contribution in [3.05, 3.63) is 65.3 Å². The third-order valence-corrected chi connectivity index (χ3v) is 5.78. The summed E-state index contributed by atoms with van der Waals surface area (Å²) in [5, 5.41) is 5.84. The van der Waals surface area contributed by atoms with E-state index in [-0.39, 0.29) is 5.91 Å². The van der Waals surface area contributed by atoms with Gasteiger partial charge in [-0.2, -0.15) is 0 Å². The van der Waals surface area contributed by atoms with E-state index in [0.717, 1.165) is 37.4 Å². The number of aromatic nitrogens is 2. The predicted molar refractivity (Wildman–Crippen MR) is 118 cm³/mol. The minimum atomic E-state index is 0.129. The number of rotatable bonds is 7. The van der Waals surface area contributed by atoms with E-state index < -0.39 is 0 Å². The molecule has 0 atom stereocenters. The van der Waals surface area contributed by atoms with Crippen molar-refractivity contribution in [2.75, 3.05) is 38.5 Å². The number of carbonyl (C=O) groups excluding carboxylic acids is 1. The fourth-order valence-electron chi connectivity index (χ4n) is 3.21. The lowest BCUT2D eigenvalue weighted by molar-refractivity contribution is -0.132. The Kier molecular flexibility index (Phi) is 6.56. The number of nitrogens with zero attached hydrogens (tertiary/aromatic N) is 4. The Bertz CT molecular complexity index is 970. The third kappa shape index (κ3) is 5.34. The Balaban J connectivity index is 1.36. The van der Waals surface area contributed by atoms with Crippen molar-refractivity contribution in [2.45, 2.75) is 13.0 Å². The number of likely N-dealkylation sites (N-methyl/N-ethyl adjacent to an activating group) is 1. The molecular weight excluding hydrogens is 398 g/mol. The molecule has 3 aromatic rings. The maximum atomic E-state index is 12.5. The number of benzene rings is 1. The molecule has 3 heterocycles. The molecule has 1 fully saturated rings. The molecule has 4 rings (SSSR count). The Morgan fingerprint density at radius 2 is 1.93 bits per heavy atom. The molecule has 0 radical (unpaired) electrons. The lowest BCUT2D eigenvalue weighted by atomic mass is 10.2. The lowest BCUT2D eigenvalue weighted by Crippen LogP contribution is -2.47. The average molecular weight is 424 g/mol. The molecule has 1 aliphatic rings. The van der Waals surface area contributed by atoms with Crippen LogP contribution in [0.3, 0.4) is 0 Å². The standard InChI is InChI=1S/C22H25N5O2S/c1-26-10-12-27(13-11-26)20(28)14-18-16-30-22(24-18)25-21-19(8-5-9-23-21)29-15-17-6-3-2-4-7-17/h2-9,16H,10-15H2,1H3,(H,23,24,25). The Hall–Kier alpha value is -2.97. The van der Waals surface area contributed by atoms with Crippen LogP contribution < -0.4 is 10.1 Å². The predicted octanol–water partition coefficient (Wildman–Crippen LogP) is 3.18. The van der Waals surface area contributed by atoms with Gasteiger partial charge in [0.2, 0.25) is 5.91 Å². The van der Waals surface area contributed by atoms with E-state index >= 15 is 0 Å². The van der Waals surface area contributed by atoms with Crippen LogP contribution in [0.5, 0.6) is 5.75 Å². The van der Waals surface area contributed by atoms with Gasteiger partial charge in [-0.3, -0.25) is 4.79 Å². The van der Waals surface area contributed by atoms with E-state index in [1.165, 1.54) is 11.3 Å². The van der Waals surface area contributed by atoms with Gasteiger partial charge in [-0.25, -0.2) is 9.97 Å². The molecule has 7 nitrogen and oxygen atoms in total. The van der Waals surface area contributed by atoms with E-state index in [2.05, 4.69) is 27.2 Å². The first kappa shape index (κ1) is 20.3. The summed E-state index contributed by atoms with van der Waals surface area (Å²) in [7, 11) is 2.08. The fraction of sp³-hybridized carbons (Fsp3) is 0.318. The van der Waals surface area contributed by atoms with Crippen LogP contribution >= 0.6 is 11.3 Å². The van der Waals surface area contributed by atoms with Crippen LogP contribution in [0.1, 0.15) is 11.3 Å². The zero-order chi connectivity index (χ0) is 20.8. The summed E-state index contributed by atoms with van der Waals surface area (Å²) in [5.41, 5.74) is 1.86. The first-order chi connectivity index (χ1) is 14.7. The summed E-state index contributed by atoms with van der Waals surface area (Å²) in [6, 6.07) is 13.7. The van der Waals surface area contributed by atoms with Crippen molar-refractivity contribution in [3.63, 3.8) is 0 Å². The van der Waals surface area contributed by atoms with Crippen molar-refractivity contribution in [1.82, 2.24) is 19.8 Å². The van der Waals surface area contributed by atoms with E-state index in [1.807, 2.05) is 52.7 Å². The van der Waals surface area contributed by atoms with Crippen molar-refractivity contribution in [1.29, 1.82) is 0 Å². The fourth-order valence-corrected chi connectivity index (χ4v) is 3.91. The number of thiazole rings is 1. The second-order valence-electron chi connectivity index (χ2n) is 7.25. The third-order valence-electron chi connectivity index (χ3n) is 4.97. The highest BCUT2D eigenvalue weighted by Gasteiger charge is 2.20. The number of piperazine rings is 1. The quantitative estimate of drug-likeness (QED) is 0.629. The number of pyridine rings is 1. The summed E-state index contributed by atoms with van der Waals surface area (Å²) in [5.74, 6) is 1.40. The molecule has 0 unspecified atom stereocenters. The molecule has 2 aromatic heterocycles. The van der Waals surface area contributed by atoms with Crippen molar-refractivity contribution < 1.29 is 9.53 Å². The molecule has 1 amide bonds. The van der Waals surface area contributed by atoms with Crippen LogP contribution in [0.25, 0.3) is 0 Å². The Morgan fingerprint density at radius 1 is 1.13 bits per heavy atom. The van der Waals surface area contributed by atoms with Gasteiger partial charge in [0.1, 0.15) is 6.61 Å². The van der Waals surface area contributed by atoms with Gasteiger partial charge < -0.3 is 19.9 Å². The highest BCUT2D eigenvalue weighted by Crippen LogP contribution is 2.27. The Labute approximate surface area is 180 Å². The molecule has 1 aliphatic heterocycles. The highest BCUT2D eigenvalue weighted by atomic mass is 32.1. The normalized spacial score (nSPS) is 14.5. The number of anilines is 2. The molecule has 1 N–H and O–H groups in total. The van der Waals surface area contributed by atoms with Gasteiger partial charge in [0.25, 0.3) is 0 Å². The van der Waals surface area contributed by atoms with Crippen molar-refractivity contribution in [3.8, 4) is 5.75 Å². The lowest BCUT2D eigenvalue weighted by Gasteiger charge is -2.32. The smallest absolute Gasteiger partial charge is 0.228 e. The molecule has 0 bridgehead atoms. The SMILES string of the molecule is CN1CCN(C(=O)Cc2csc(Nc3ncccc3OCc3ccccc3)n2)CC1. The van der Waals surface area contributed by atoms with Gasteiger partial charge in [0.15, 0.2) is 16.7 Å². The maximum absolute atomic E-state index is 12.5. The van der Waals surface area contributed by atoms with Gasteiger partial charge >= 0.3 is 0 Å². The minimum Gasteiger partial charge on any atom is -0.485 e. The number of hydrogen-bond donors (Lipinski definition) is 1. The first-order valence-corrected chi connectivity index (χ1v) is 10.8. The second-order valence-corrected chi connectivity index (χ2v) is 8.11. The molecule has 1 aromatic carbocycles. The summed E-state index contributed by atoms with van der Waals surface area (Å²) < 4.78 is 5.94. The van der Waals surface area contributed by atoms with Gasteiger partial charge in [-0.1, -0.05) is 30.3 Å². The van der Waals surface area contributed by atoms with Crippen LogP contribution in [-0.4, -0.2) is 58.9 Å². The van der Waals surface area contributed by atoms with E-state index in [0.29, 0.717) is 29.7 Å². The largest absolute Gasteiger partial charge is 0.485 e. The van der Waals surface area contributed by atoms with Crippen LogP contribution in [-0.2, 0) is 17.8 Å². The summed E-state index contributed by atoms with van der Waals surface area (Å²) in [6.07, 6.45) is 2.03. The molecule has 30 heavy (non-hydrogen) atoms. The van der Waals surface area contributed by atoms with Crippen molar-refractivity contribution >= 4 is 28.2 Å². The number of nitrogens with one attached hydrogen (secondary N) is 1. The minimum absolute atomic E-state index is 0.129. The number of hydrogen-bond acceptors (Lipinski definition) is 7.